The Balaban J connectivity index is 1.83. The second kappa shape index (κ2) is 5.15. The molecular formula is C15H18N2O3. The molecule has 1 heterocycles. The molecule has 0 radical (unpaired) electrons. The van der Waals surface area contributed by atoms with E-state index in [0.29, 0.717) is 5.69 Å². The Morgan fingerprint density at radius 2 is 2.15 bits per heavy atom. The quantitative estimate of drug-likeness (QED) is 0.901. The molecule has 0 spiro atoms. The van der Waals surface area contributed by atoms with Crippen LogP contribution < -0.4 is 10.2 Å². The summed E-state index contributed by atoms with van der Waals surface area (Å²) in [4.78, 5) is 25.4. The Morgan fingerprint density at radius 1 is 1.35 bits per heavy atom. The van der Waals surface area contributed by atoms with Gasteiger partial charge in [0, 0.05) is 23.8 Å². The number of amides is 2. The second-order valence-electron chi connectivity index (χ2n) is 5.33. The third-order valence-corrected chi connectivity index (χ3v) is 3.82. The summed E-state index contributed by atoms with van der Waals surface area (Å²) in [6.07, 6.45) is 3.46. The van der Waals surface area contributed by atoms with E-state index < -0.39 is 6.09 Å². The molecule has 106 valence electrons. The molecule has 20 heavy (non-hydrogen) atoms. The van der Waals surface area contributed by atoms with Gasteiger partial charge in [-0.2, -0.15) is 0 Å². The summed E-state index contributed by atoms with van der Waals surface area (Å²) >= 11 is 0. The van der Waals surface area contributed by atoms with Gasteiger partial charge in [0.15, 0.2) is 0 Å². The summed E-state index contributed by atoms with van der Waals surface area (Å²) in [5.41, 5.74) is 2.80. The van der Waals surface area contributed by atoms with Crippen molar-refractivity contribution in [2.75, 3.05) is 23.9 Å². The fourth-order valence-corrected chi connectivity index (χ4v) is 2.62. The Labute approximate surface area is 117 Å². The van der Waals surface area contributed by atoms with Crippen molar-refractivity contribution in [1.29, 1.82) is 0 Å². The summed E-state index contributed by atoms with van der Waals surface area (Å²) in [5.74, 6) is 0.480. The van der Waals surface area contributed by atoms with Crippen LogP contribution in [0.3, 0.4) is 0 Å². The topological polar surface area (TPSA) is 58.6 Å². The number of methoxy groups -OCH3 is 1. The van der Waals surface area contributed by atoms with Crippen molar-refractivity contribution >= 4 is 23.4 Å². The maximum absolute atomic E-state index is 12.3. The van der Waals surface area contributed by atoms with E-state index in [1.807, 2.05) is 23.1 Å². The molecule has 3 rings (SSSR count). The van der Waals surface area contributed by atoms with Gasteiger partial charge in [-0.05, 0) is 49.4 Å². The number of fused-ring (bicyclic) bond motifs is 1. The summed E-state index contributed by atoms with van der Waals surface area (Å²) in [5, 5.41) is 2.66. The SMILES string of the molecule is COC(=O)Nc1ccc2c(c1)CCCN2C(=O)C1CC1. The molecule has 0 unspecified atom stereocenters. The molecule has 1 fully saturated rings. The van der Waals surface area contributed by atoms with Crippen molar-refractivity contribution in [1.82, 2.24) is 0 Å². The standard InChI is InChI=1S/C15H18N2O3/c1-20-15(19)16-12-6-7-13-11(9-12)3-2-8-17(13)14(18)10-4-5-10/h6-7,9-10H,2-5,8H2,1H3,(H,16,19). The van der Waals surface area contributed by atoms with Crippen LogP contribution in [0.25, 0.3) is 0 Å². The van der Waals surface area contributed by atoms with Crippen molar-refractivity contribution in [3.8, 4) is 0 Å². The third-order valence-electron chi connectivity index (χ3n) is 3.82. The van der Waals surface area contributed by atoms with E-state index in [-0.39, 0.29) is 11.8 Å². The van der Waals surface area contributed by atoms with Gasteiger partial charge in [0.05, 0.1) is 7.11 Å². The maximum atomic E-state index is 12.3. The number of rotatable bonds is 2. The number of hydrogen-bond donors (Lipinski definition) is 1. The van der Waals surface area contributed by atoms with Crippen LogP contribution in [0.15, 0.2) is 18.2 Å². The smallest absolute Gasteiger partial charge is 0.411 e. The molecule has 1 aromatic carbocycles. The highest BCUT2D eigenvalue weighted by Gasteiger charge is 2.35. The molecule has 2 amide bonds. The fourth-order valence-electron chi connectivity index (χ4n) is 2.62. The summed E-state index contributed by atoms with van der Waals surface area (Å²) in [6.45, 7) is 0.798. The largest absolute Gasteiger partial charge is 0.453 e. The Bertz CT molecular complexity index is 552. The van der Waals surface area contributed by atoms with Gasteiger partial charge in [0.25, 0.3) is 0 Å². The van der Waals surface area contributed by atoms with E-state index in [9.17, 15) is 9.59 Å². The molecule has 5 nitrogen and oxygen atoms in total. The molecule has 1 saturated carbocycles. The molecule has 0 bridgehead atoms. The van der Waals surface area contributed by atoms with Gasteiger partial charge < -0.3 is 9.64 Å². The maximum Gasteiger partial charge on any atom is 0.411 e. The lowest BCUT2D eigenvalue weighted by Gasteiger charge is -2.30. The minimum Gasteiger partial charge on any atom is -0.453 e. The Hall–Kier alpha value is -2.04. The monoisotopic (exact) mass is 274 g/mol. The third kappa shape index (κ3) is 2.48. The number of anilines is 2. The molecule has 5 heteroatoms. The Morgan fingerprint density at radius 3 is 2.85 bits per heavy atom. The van der Waals surface area contributed by atoms with Gasteiger partial charge in [0.1, 0.15) is 0 Å². The first-order chi connectivity index (χ1) is 9.69. The first kappa shape index (κ1) is 13.0. The lowest BCUT2D eigenvalue weighted by atomic mass is 10.0. The first-order valence-corrected chi connectivity index (χ1v) is 6.98. The van der Waals surface area contributed by atoms with Crippen LogP contribution >= 0.6 is 0 Å². The van der Waals surface area contributed by atoms with Crippen LogP contribution in [0, 0.1) is 5.92 Å². The lowest BCUT2D eigenvalue weighted by Crippen LogP contribution is -2.36. The van der Waals surface area contributed by atoms with Crippen molar-refractivity contribution < 1.29 is 14.3 Å². The number of carbonyl (C=O) groups excluding carboxylic acids is 2. The molecule has 1 aromatic rings. The van der Waals surface area contributed by atoms with Crippen molar-refractivity contribution in [3.63, 3.8) is 0 Å². The van der Waals surface area contributed by atoms with Crippen molar-refractivity contribution in [2.45, 2.75) is 25.7 Å². The number of aryl methyl sites for hydroxylation is 1. The van der Waals surface area contributed by atoms with Gasteiger partial charge in [-0.3, -0.25) is 10.1 Å². The minimum absolute atomic E-state index is 0.230. The fraction of sp³-hybridized carbons (Fsp3) is 0.467. The van der Waals surface area contributed by atoms with Crippen LogP contribution in [0.5, 0.6) is 0 Å². The van der Waals surface area contributed by atoms with Gasteiger partial charge in [-0.25, -0.2) is 4.79 Å². The molecule has 2 aliphatic rings. The molecule has 0 aromatic heterocycles. The zero-order chi connectivity index (χ0) is 14.1. The molecule has 0 saturated heterocycles. The number of carbonyl (C=O) groups is 2. The summed E-state index contributed by atoms with van der Waals surface area (Å²) in [7, 11) is 1.34. The molecule has 1 aliphatic heterocycles. The van der Waals surface area contributed by atoms with Crippen LogP contribution in [0.1, 0.15) is 24.8 Å². The predicted molar refractivity (Wildman–Crippen MR) is 75.9 cm³/mol. The second-order valence-corrected chi connectivity index (χ2v) is 5.33. The first-order valence-electron chi connectivity index (χ1n) is 6.98. The molecule has 1 N–H and O–H groups in total. The van der Waals surface area contributed by atoms with Crippen molar-refractivity contribution in [3.05, 3.63) is 23.8 Å². The van der Waals surface area contributed by atoms with E-state index in [4.69, 9.17) is 0 Å². The summed E-state index contributed by atoms with van der Waals surface area (Å²) in [6, 6.07) is 5.66. The van der Waals surface area contributed by atoms with Crippen LogP contribution in [-0.4, -0.2) is 25.7 Å². The summed E-state index contributed by atoms with van der Waals surface area (Å²) < 4.78 is 4.58. The number of hydrogen-bond acceptors (Lipinski definition) is 3. The van der Waals surface area contributed by atoms with Gasteiger partial charge >= 0.3 is 6.09 Å². The van der Waals surface area contributed by atoms with E-state index in [0.717, 1.165) is 43.5 Å². The number of nitrogens with zero attached hydrogens (tertiary/aromatic N) is 1. The molecular weight excluding hydrogens is 256 g/mol. The predicted octanol–water partition coefficient (Wildman–Crippen LogP) is 2.55. The number of benzene rings is 1. The highest BCUT2D eigenvalue weighted by Crippen LogP contribution is 2.36. The van der Waals surface area contributed by atoms with Gasteiger partial charge in [-0.15, -0.1) is 0 Å². The zero-order valence-electron chi connectivity index (χ0n) is 11.5. The van der Waals surface area contributed by atoms with E-state index in [2.05, 4.69) is 10.1 Å². The minimum atomic E-state index is -0.480. The Kier molecular flexibility index (Phi) is 3.34. The van der Waals surface area contributed by atoms with Crippen LogP contribution in [-0.2, 0) is 16.0 Å². The number of ether oxygens (including phenoxy) is 1. The van der Waals surface area contributed by atoms with Crippen LogP contribution in [0.4, 0.5) is 16.2 Å². The van der Waals surface area contributed by atoms with E-state index in [1.54, 1.807) is 0 Å². The lowest BCUT2D eigenvalue weighted by molar-refractivity contribution is -0.119. The normalized spacial score (nSPS) is 17.4. The molecule has 1 aliphatic carbocycles. The van der Waals surface area contributed by atoms with Crippen molar-refractivity contribution in [2.24, 2.45) is 5.92 Å². The van der Waals surface area contributed by atoms with E-state index >= 15 is 0 Å². The molecule has 0 atom stereocenters. The average Bonchev–Trinajstić information content (AvgIpc) is 3.30. The van der Waals surface area contributed by atoms with Gasteiger partial charge in [-0.1, -0.05) is 0 Å². The van der Waals surface area contributed by atoms with E-state index in [1.165, 1.54) is 7.11 Å². The van der Waals surface area contributed by atoms with Crippen LogP contribution in [0.2, 0.25) is 0 Å². The number of nitrogens with one attached hydrogen (secondary N) is 1. The zero-order valence-corrected chi connectivity index (χ0v) is 11.5. The highest BCUT2D eigenvalue weighted by molar-refractivity contribution is 5.98. The highest BCUT2D eigenvalue weighted by atomic mass is 16.5. The van der Waals surface area contributed by atoms with Gasteiger partial charge in [0.2, 0.25) is 5.91 Å². The average molecular weight is 274 g/mol.